The van der Waals surface area contributed by atoms with Crippen LogP contribution >= 0.6 is 11.6 Å². The Morgan fingerprint density at radius 1 is 1.85 bits per heavy atom. The van der Waals surface area contributed by atoms with E-state index in [0.29, 0.717) is 18.1 Å². The van der Waals surface area contributed by atoms with Gasteiger partial charge in [-0.05, 0) is 0 Å². The topological polar surface area (TPSA) is 72.9 Å². The Morgan fingerprint density at radius 2 is 2.62 bits per heavy atom. The molecule has 1 aliphatic rings. The monoisotopic (exact) mass is 200 g/mol. The lowest BCUT2D eigenvalue weighted by molar-refractivity contribution is -0.120. The van der Waals surface area contributed by atoms with Crippen molar-refractivity contribution in [3.05, 3.63) is 16.9 Å². The highest BCUT2D eigenvalue weighted by Gasteiger charge is 2.23. The van der Waals surface area contributed by atoms with Crippen molar-refractivity contribution in [2.24, 2.45) is 5.73 Å². The van der Waals surface area contributed by atoms with E-state index in [1.54, 1.807) is 10.9 Å². The number of hydrogen-bond donors (Lipinski definition) is 2. The molecule has 0 radical (unpaired) electrons. The molecule has 0 spiro atoms. The van der Waals surface area contributed by atoms with Crippen LogP contribution in [0.15, 0.2) is 6.20 Å². The van der Waals surface area contributed by atoms with Crippen molar-refractivity contribution in [2.45, 2.75) is 19.1 Å². The van der Waals surface area contributed by atoms with Gasteiger partial charge in [0.05, 0.1) is 23.5 Å². The number of nitrogens with one attached hydrogen (secondary N) is 1. The molecule has 0 aliphatic carbocycles. The van der Waals surface area contributed by atoms with Crippen molar-refractivity contribution in [3.8, 4) is 0 Å². The molecule has 2 rings (SSSR count). The number of amides is 1. The molecule has 0 fully saturated rings. The third-order valence-electron chi connectivity index (χ3n) is 2.11. The highest BCUT2D eigenvalue weighted by molar-refractivity contribution is 6.31. The SMILES string of the molecule is NC(=O)C1Cn2ncc(Cl)c2CN1. The first-order valence-corrected chi connectivity index (χ1v) is 4.29. The molecule has 13 heavy (non-hydrogen) atoms. The lowest BCUT2D eigenvalue weighted by Gasteiger charge is -2.22. The Labute approximate surface area is 79.8 Å². The summed E-state index contributed by atoms with van der Waals surface area (Å²) >= 11 is 5.85. The van der Waals surface area contributed by atoms with Gasteiger partial charge in [-0.25, -0.2) is 0 Å². The molecule has 1 atom stereocenters. The summed E-state index contributed by atoms with van der Waals surface area (Å²) in [6.07, 6.45) is 1.57. The van der Waals surface area contributed by atoms with Crippen LogP contribution in [-0.4, -0.2) is 21.7 Å². The summed E-state index contributed by atoms with van der Waals surface area (Å²) in [6.45, 7) is 0.990. The van der Waals surface area contributed by atoms with Gasteiger partial charge in [0, 0.05) is 6.54 Å². The van der Waals surface area contributed by atoms with E-state index in [1.165, 1.54) is 0 Å². The first-order valence-electron chi connectivity index (χ1n) is 3.91. The largest absolute Gasteiger partial charge is 0.368 e. The minimum absolute atomic E-state index is 0.344. The quantitative estimate of drug-likeness (QED) is 0.642. The summed E-state index contributed by atoms with van der Waals surface area (Å²) in [5.41, 5.74) is 6.06. The molecule has 0 saturated carbocycles. The standard InChI is InChI=1S/C7H9ClN4O/c8-4-1-11-12-3-5(7(9)13)10-2-6(4)12/h1,5,10H,2-3H2,(H2,9,13). The number of rotatable bonds is 1. The van der Waals surface area contributed by atoms with Gasteiger partial charge in [0.25, 0.3) is 0 Å². The second-order valence-corrected chi connectivity index (χ2v) is 3.36. The van der Waals surface area contributed by atoms with E-state index in [9.17, 15) is 4.79 Å². The predicted octanol–water partition coefficient (Wildman–Crippen LogP) is -0.506. The number of aromatic nitrogens is 2. The maximum atomic E-state index is 10.9. The summed E-state index contributed by atoms with van der Waals surface area (Å²) in [5.74, 6) is -0.364. The van der Waals surface area contributed by atoms with Crippen molar-refractivity contribution < 1.29 is 4.79 Å². The molecule has 1 unspecified atom stereocenters. The molecule has 3 N–H and O–H groups in total. The Balaban J connectivity index is 2.25. The van der Waals surface area contributed by atoms with E-state index in [1.807, 2.05) is 0 Å². The van der Waals surface area contributed by atoms with E-state index < -0.39 is 0 Å². The van der Waals surface area contributed by atoms with Crippen LogP contribution in [0.1, 0.15) is 5.69 Å². The minimum Gasteiger partial charge on any atom is -0.368 e. The summed E-state index contributed by atoms with van der Waals surface area (Å²) in [4.78, 5) is 10.9. The molecule has 6 heteroatoms. The minimum atomic E-state index is -0.364. The fourth-order valence-corrected chi connectivity index (χ4v) is 1.58. The van der Waals surface area contributed by atoms with Crippen molar-refractivity contribution in [1.29, 1.82) is 0 Å². The zero-order valence-corrected chi connectivity index (χ0v) is 7.58. The van der Waals surface area contributed by atoms with Gasteiger partial charge in [0.2, 0.25) is 5.91 Å². The number of primary amides is 1. The first-order chi connectivity index (χ1) is 6.18. The molecular formula is C7H9ClN4O. The van der Waals surface area contributed by atoms with Crippen molar-refractivity contribution in [2.75, 3.05) is 0 Å². The summed E-state index contributed by atoms with van der Waals surface area (Å²) in [5, 5.41) is 7.63. The molecule has 5 nitrogen and oxygen atoms in total. The van der Waals surface area contributed by atoms with Crippen LogP contribution in [-0.2, 0) is 17.9 Å². The number of carbonyl (C=O) groups is 1. The van der Waals surface area contributed by atoms with E-state index in [-0.39, 0.29) is 11.9 Å². The Bertz CT molecular complexity index is 348. The van der Waals surface area contributed by atoms with E-state index in [2.05, 4.69) is 10.4 Å². The van der Waals surface area contributed by atoms with E-state index in [0.717, 1.165) is 5.69 Å². The lowest BCUT2D eigenvalue weighted by atomic mass is 10.2. The Kier molecular flexibility index (Phi) is 1.97. The van der Waals surface area contributed by atoms with Crippen LogP contribution < -0.4 is 11.1 Å². The van der Waals surface area contributed by atoms with Crippen LogP contribution in [0.25, 0.3) is 0 Å². The normalized spacial score (nSPS) is 21.2. The molecule has 1 aromatic heterocycles. The molecule has 0 saturated heterocycles. The predicted molar refractivity (Wildman–Crippen MR) is 47.1 cm³/mol. The van der Waals surface area contributed by atoms with E-state index >= 15 is 0 Å². The first kappa shape index (κ1) is 8.52. The number of nitrogens with zero attached hydrogens (tertiary/aromatic N) is 2. The zero-order valence-electron chi connectivity index (χ0n) is 6.83. The van der Waals surface area contributed by atoms with E-state index in [4.69, 9.17) is 17.3 Å². The zero-order chi connectivity index (χ0) is 9.42. The van der Waals surface area contributed by atoms with Gasteiger partial charge < -0.3 is 5.73 Å². The summed E-state index contributed by atoms with van der Waals surface area (Å²) in [6, 6.07) is -0.344. The number of fused-ring (bicyclic) bond motifs is 1. The highest BCUT2D eigenvalue weighted by Crippen LogP contribution is 2.17. The Morgan fingerprint density at radius 3 is 3.31 bits per heavy atom. The van der Waals surface area contributed by atoms with Gasteiger partial charge in [-0.15, -0.1) is 0 Å². The average molecular weight is 201 g/mol. The third kappa shape index (κ3) is 1.40. The van der Waals surface area contributed by atoms with Crippen molar-refractivity contribution >= 4 is 17.5 Å². The van der Waals surface area contributed by atoms with Crippen LogP contribution in [0.5, 0.6) is 0 Å². The molecule has 2 heterocycles. The van der Waals surface area contributed by atoms with Crippen molar-refractivity contribution in [3.63, 3.8) is 0 Å². The maximum absolute atomic E-state index is 10.9. The number of nitrogens with two attached hydrogens (primary N) is 1. The van der Waals surface area contributed by atoms with Crippen molar-refractivity contribution in [1.82, 2.24) is 15.1 Å². The molecule has 1 aliphatic heterocycles. The molecule has 70 valence electrons. The third-order valence-corrected chi connectivity index (χ3v) is 2.43. The number of carbonyl (C=O) groups excluding carboxylic acids is 1. The summed E-state index contributed by atoms with van der Waals surface area (Å²) < 4.78 is 1.70. The molecule has 0 aromatic carbocycles. The highest BCUT2D eigenvalue weighted by atomic mass is 35.5. The summed E-state index contributed by atoms with van der Waals surface area (Å²) in [7, 11) is 0. The molecular weight excluding hydrogens is 192 g/mol. The second kappa shape index (κ2) is 3.01. The number of hydrogen-bond acceptors (Lipinski definition) is 3. The van der Waals surface area contributed by atoms with Gasteiger partial charge in [0.1, 0.15) is 6.04 Å². The second-order valence-electron chi connectivity index (χ2n) is 2.96. The fraction of sp³-hybridized carbons (Fsp3) is 0.429. The van der Waals surface area contributed by atoms with Gasteiger partial charge in [-0.1, -0.05) is 11.6 Å². The van der Waals surface area contributed by atoms with Crippen LogP contribution in [0.2, 0.25) is 5.02 Å². The smallest absolute Gasteiger partial charge is 0.236 e. The van der Waals surface area contributed by atoms with Gasteiger partial charge in [-0.3, -0.25) is 14.8 Å². The molecule has 1 aromatic rings. The van der Waals surface area contributed by atoms with Crippen LogP contribution in [0, 0.1) is 0 Å². The van der Waals surface area contributed by atoms with Gasteiger partial charge in [-0.2, -0.15) is 5.10 Å². The maximum Gasteiger partial charge on any atom is 0.236 e. The van der Waals surface area contributed by atoms with Gasteiger partial charge in [0.15, 0.2) is 0 Å². The van der Waals surface area contributed by atoms with Crippen LogP contribution in [0.3, 0.4) is 0 Å². The number of halogens is 1. The average Bonchev–Trinajstić information content (AvgIpc) is 2.47. The Hall–Kier alpha value is -1.07. The lowest BCUT2D eigenvalue weighted by Crippen LogP contribution is -2.47. The fourth-order valence-electron chi connectivity index (χ4n) is 1.37. The molecule has 0 bridgehead atoms. The van der Waals surface area contributed by atoms with Crippen LogP contribution in [0.4, 0.5) is 0 Å². The molecule has 1 amide bonds. The van der Waals surface area contributed by atoms with Gasteiger partial charge >= 0.3 is 0 Å².